The van der Waals surface area contributed by atoms with Gasteiger partial charge < -0.3 is 5.73 Å². The summed E-state index contributed by atoms with van der Waals surface area (Å²) < 4.78 is 13.4. The highest BCUT2D eigenvalue weighted by Gasteiger charge is 2.19. The predicted molar refractivity (Wildman–Crippen MR) is 82.9 cm³/mol. The maximum atomic E-state index is 13.4. The lowest BCUT2D eigenvalue weighted by Gasteiger charge is -2.15. The van der Waals surface area contributed by atoms with E-state index in [0.29, 0.717) is 12.0 Å². The molecule has 0 fully saturated rings. The molecule has 1 aromatic heterocycles. The fourth-order valence-electron chi connectivity index (χ4n) is 1.85. The number of halogens is 2. The molecule has 1 unspecified atom stereocenters. The van der Waals surface area contributed by atoms with Gasteiger partial charge in [0.1, 0.15) is 5.82 Å². The van der Waals surface area contributed by atoms with Gasteiger partial charge in [0.2, 0.25) is 0 Å². The molecule has 0 bridgehead atoms. The van der Waals surface area contributed by atoms with Crippen LogP contribution in [0.5, 0.6) is 0 Å². The van der Waals surface area contributed by atoms with Crippen molar-refractivity contribution >= 4 is 22.9 Å². The van der Waals surface area contributed by atoms with Gasteiger partial charge in [0.15, 0.2) is 0 Å². The molecule has 0 amide bonds. The van der Waals surface area contributed by atoms with Crippen LogP contribution < -0.4 is 5.73 Å². The Morgan fingerprint density at radius 1 is 1.40 bits per heavy atom. The molecule has 2 N–H and O–H groups in total. The minimum Gasteiger partial charge on any atom is -0.324 e. The van der Waals surface area contributed by atoms with Crippen LogP contribution in [0, 0.1) is 5.82 Å². The third-order valence-corrected chi connectivity index (χ3v) is 4.37. The van der Waals surface area contributed by atoms with E-state index in [4.69, 9.17) is 17.3 Å². The Morgan fingerprint density at radius 2 is 2.10 bits per heavy atom. The average molecular weight is 313 g/mol. The first-order valence-corrected chi connectivity index (χ1v) is 7.69. The highest BCUT2D eigenvalue weighted by atomic mass is 35.5. The number of rotatable bonds is 3. The largest absolute Gasteiger partial charge is 0.324 e. The van der Waals surface area contributed by atoms with Gasteiger partial charge in [-0.2, -0.15) is 0 Å². The monoisotopic (exact) mass is 312 g/mol. The number of nitrogens with two attached hydrogens (primary N) is 1. The maximum Gasteiger partial charge on any atom is 0.142 e. The zero-order valence-electron chi connectivity index (χ0n) is 11.8. The summed E-state index contributed by atoms with van der Waals surface area (Å²) in [5, 5.41) is 3.10. The van der Waals surface area contributed by atoms with Crippen LogP contribution in [0.4, 0.5) is 4.39 Å². The second kappa shape index (κ2) is 5.80. The number of hydrogen-bond acceptors (Lipinski definition) is 3. The van der Waals surface area contributed by atoms with E-state index in [0.717, 1.165) is 10.7 Å². The molecule has 1 heterocycles. The molecule has 2 aromatic rings. The van der Waals surface area contributed by atoms with Crippen molar-refractivity contribution in [2.75, 3.05) is 0 Å². The molecule has 2 nitrogen and oxygen atoms in total. The third-order valence-electron chi connectivity index (χ3n) is 3.10. The molecule has 108 valence electrons. The molecule has 0 spiro atoms. The van der Waals surface area contributed by atoms with Crippen molar-refractivity contribution in [3.05, 3.63) is 50.7 Å². The van der Waals surface area contributed by atoms with E-state index in [-0.39, 0.29) is 16.5 Å². The summed E-state index contributed by atoms with van der Waals surface area (Å²) in [6.07, 6.45) is 0.559. The summed E-state index contributed by atoms with van der Waals surface area (Å²) in [4.78, 5) is 4.60. The van der Waals surface area contributed by atoms with E-state index in [9.17, 15) is 4.39 Å². The van der Waals surface area contributed by atoms with Gasteiger partial charge in [-0.25, -0.2) is 9.37 Å². The first-order chi connectivity index (χ1) is 9.29. The molecule has 1 atom stereocenters. The van der Waals surface area contributed by atoms with Gasteiger partial charge in [-0.05, 0) is 11.6 Å². The smallest absolute Gasteiger partial charge is 0.142 e. The van der Waals surface area contributed by atoms with Gasteiger partial charge in [-0.1, -0.05) is 44.5 Å². The molecule has 2 rings (SSSR count). The van der Waals surface area contributed by atoms with Crippen LogP contribution in [-0.2, 0) is 11.8 Å². The summed E-state index contributed by atoms with van der Waals surface area (Å²) in [7, 11) is 0. The fraction of sp³-hybridized carbons (Fsp3) is 0.400. The van der Waals surface area contributed by atoms with E-state index >= 15 is 0 Å². The summed E-state index contributed by atoms with van der Waals surface area (Å²) in [6, 6.07) is 4.37. The number of thiazole rings is 1. The van der Waals surface area contributed by atoms with Crippen LogP contribution in [0.3, 0.4) is 0 Å². The van der Waals surface area contributed by atoms with Gasteiger partial charge in [0, 0.05) is 23.3 Å². The van der Waals surface area contributed by atoms with Crippen molar-refractivity contribution in [1.82, 2.24) is 4.98 Å². The van der Waals surface area contributed by atoms with Crippen LogP contribution in [0.25, 0.3) is 0 Å². The molecule has 0 radical (unpaired) electrons. The quantitative estimate of drug-likeness (QED) is 0.907. The number of aromatic nitrogens is 1. The van der Waals surface area contributed by atoms with E-state index in [1.807, 2.05) is 0 Å². The summed E-state index contributed by atoms with van der Waals surface area (Å²) >= 11 is 7.54. The Morgan fingerprint density at radius 3 is 2.70 bits per heavy atom. The van der Waals surface area contributed by atoms with Gasteiger partial charge in [0.25, 0.3) is 0 Å². The van der Waals surface area contributed by atoms with Crippen LogP contribution in [0.2, 0.25) is 5.02 Å². The van der Waals surface area contributed by atoms with Gasteiger partial charge in [0.05, 0.1) is 15.7 Å². The molecule has 0 aliphatic heterocycles. The minimum absolute atomic E-state index is 0.0232. The molecule has 5 heteroatoms. The zero-order valence-corrected chi connectivity index (χ0v) is 13.4. The van der Waals surface area contributed by atoms with E-state index in [2.05, 4.69) is 31.1 Å². The maximum absolute atomic E-state index is 13.4. The van der Waals surface area contributed by atoms with Crippen molar-refractivity contribution in [3.63, 3.8) is 0 Å². The molecule has 0 saturated carbocycles. The summed E-state index contributed by atoms with van der Waals surface area (Å²) in [5.41, 5.74) is 7.83. The topological polar surface area (TPSA) is 38.9 Å². The Labute approximate surface area is 127 Å². The lowest BCUT2D eigenvalue weighted by atomic mass is 9.93. The third kappa shape index (κ3) is 3.37. The van der Waals surface area contributed by atoms with E-state index < -0.39 is 5.82 Å². The van der Waals surface area contributed by atoms with Crippen molar-refractivity contribution < 1.29 is 4.39 Å². The first kappa shape index (κ1) is 15.4. The lowest BCUT2D eigenvalue weighted by molar-refractivity contribution is 0.568. The van der Waals surface area contributed by atoms with Crippen molar-refractivity contribution in [3.8, 4) is 0 Å². The van der Waals surface area contributed by atoms with Crippen molar-refractivity contribution in [2.24, 2.45) is 5.73 Å². The summed E-state index contributed by atoms with van der Waals surface area (Å²) in [5.74, 6) is -0.436. The van der Waals surface area contributed by atoms with Gasteiger partial charge >= 0.3 is 0 Å². The standard InChI is InChI=1S/C15H18ClFN2S/c1-15(2,3)12-8-20-13(19-12)7-11(18)9-5-4-6-10(17)14(9)16/h4-6,8,11H,7,18H2,1-3H3. The highest BCUT2D eigenvalue weighted by Crippen LogP contribution is 2.29. The van der Waals surface area contributed by atoms with E-state index in [1.165, 1.54) is 6.07 Å². The zero-order chi connectivity index (χ0) is 14.9. The van der Waals surface area contributed by atoms with Crippen molar-refractivity contribution in [2.45, 2.75) is 38.6 Å². The van der Waals surface area contributed by atoms with Crippen LogP contribution in [0.15, 0.2) is 23.6 Å². The minimum atomic E-state index is -0.436. The van der Waals surface area contributed by atoms with Gasteiger partial charge in [-0.3, -0.25) is 0 Å². The summed E-state index contributed by atoms with van der Waals surface area (Å²) in [6.45, 7) is 6.36. The molecular formula is C15H18ClFN2S. The predicted octanol–water partition coefficient (Wildman–Crippen LogP) is 4.48. The molecule has 1 aromatic carbocycles. The average Bonchev–Trinajstić information content (AvgIpc) is 2.81. The fourth-order valence-corrected chi connectivity index (χ4v) is 3.20. The molecular weight excluding hydrogens is 295 g/mol. The number of hydrogen-bond donors (Lipinski definition) is 1. The second-order valence-corrected chi connectivity index (χ2v) is 7.15. The number of benzene rings is 1. The molecule has 0 aliphatic rings. The lowest BCUT2D eigenvalue weighted by Crippen LogP contribution is -2.15. The first-order valence-electron chi connectivity index (χ1n) is 6.43. The Hall–Kier alpha value is -0.970. The Balaban J connectivity index is 2.18. The highest BCUT2D eigenvalue weighted by molar-refractivity contribution is 7.09. The normalized spacial score (nSPS) is 13.5. The molecule has 20 heavy (non-hydrogen) atoms. The van der Waals surface area contributed by atoms with Crippen LogP contribution >= 0.6 is 22.9 Å². The van der Waals surface area contributed by atoms with E-state index in [1.54, 1.807) is 23.5 Å². The SMILES string of the molecule is CC(C)(C)c1csc(CC(N)c2cccc(F)c2Cl)n1. The molecule has 0 saturated heterocycles. The second-order valence-electron chi connectivity index (χ2n) is 5.83. The Bertz CT molecular complexity index is 604. The van der Waals surface area contributed by atoms with Crippen molar-refractivity contribution in [1.29, 1.82) is 0 Å². The van der Waals surface area contributed by atoms with Crippen LogP contribution in [-0.4, -0.2) is 4.98 Å². The molecule has 0 aliphatic carbocycles. The number of nitrogens with zero attached hydrogens (tertiary/aromatic N) is 1. The van der Waals surface area contributed by atoms with Gasteiger partial charge in [-0.15, -0.1) is 11.3 Å². The Kier molecular flexibility index (Phi) is 4.47. The van der Waals surface area contributed by atoms with Crippen LogP contribution in [0.1, 0.15) is 43.1 Å².